The van der Waals surface area contributed by atoms with Crippen molar-refractivity contribution >= 4 is 29.4 Å². The van der Waals surface area contributed by atoms with E-state index in [2.05, 4.69) is 10.1 Å². The van der Waals surface area contributed by atoms with Crippen LogP contribution < -0.4 is 5.32 Å². The second-order valence-corrected chi connectivity index (χ2v) is 5.85. The van der Waals surface area contributed by atoms with Crippen LogP contribution in [0.2, 0.25) is 5.02 Å². The Morgan fingerprint density at radius 3 is 2.50 bits per heavy atom. The van der Waals surface area contributed by atoms with Gasteiger partial charge in [-0.25, -0.2) is 14.0 Å². The molecular weight excluding hydrogens is 341 g/mol. The van der Waals surface area contributed by atoms with E-state index in [1.165, 1.54) is 19.2 Å². The van der Waals surface area contributed by atoms with Crippen molar-refractivity contribution in [1.29, 1.82) is 0 Å². The summed E-state index contributed by atoms with van der Waals surface area (Å²) in [5.74, 6) is -3.08. The average Bonchev–Trinajstić information content (AvgIpc) is 2.50. The van der Waals surface area contributed by atoms with E-state index < -0.39 is 41.9 Å². The summed E-state index contributed by atoms with van der Waals surface area (Å²) >= 11 is 5.74. The predicted octanol–water partition coefficient (Wildman–Crippen LogP) is 2.34. The third-order valence-corrected chi connectivity index (χ3v) is 3.34. The van der Waals surface area contributed by atoms with Crippen LogP contribution in [-0.4, -0.2) is 37.6 Å². The molecule has 0 aromatic heterocycles. The fourth-order valence-corrected chi connectivity index (χ4v) is 2.20. The summed E-state index contributed by atoms with van der Waals surface area (Å²) in [6, 6.07) is 2.88. The van der Waals surface area contributed by atoms with Crippen molar-refractivity contribution in [2.24, 2.45) is 5.92 Å². The number of hydrogen-bond acceptors (Lipinski definition) is 5. The van der Waals surface area contributed by atoms with E-state index in [0.29, 0.717) is 6.42 Å². The lowest BCUT2D eigenvalue weighted by atomic mass is 10.0. The summed E-state index contributed by atoms with van der Waals surface area (Å²) in [4.78, 5) is 35.3. The number of rotatable bonds is 7. The Morgan fingerprint density at radius 2 is 1.96 bits per heavy atom. The highest BCUT2D eigenvalue weighted by atomic mass is 35.5. The van der Waals surface area contributed by atoms with Gasteiger partial charge in [-0.05, 0) is 24.5 Å². The van der Waals surface area contributed by atoms with Crippen molar-refractivity contribution in [2.75, 3.05) is 13.7 Å². The van der Waals surface area contributed by atoms with E-state index in [0.717, 1.165) is 6.07 Å². The van der Waals surface area contributed by atoms with Gasteiger partial charge in [0.2, 0.25) is 0 Å². The van der Waals surface area contributed by atoms with Crippen molar-refractivity contribution < 1.29 is 28.2 Å². The molecule has 0 spiro atoms. The minimum Gasteiger partial charge on any atom is -0.467 e. The van der Waals surface area contributed by atoms with Crippen LogP contribution in [0.15, 0.2) is 18.2 Å². The van der Waals surface area contributed by atoms with Gasteiger partial charge in [0.15, 0.2) is 6.61 Å². The van der Waals surface area contributed by atoms with Crippen molar-refractivity contribution in [3.05, 3.63) is 34.6 Å². The first-order valence-electron chi connectivity index (χ1n) is 7.24. The molecular formula is C16H19ClFNO5. The van der Waals surface area contributed by atoms with Crippen molar-refractivity contribution in [3.63, 3.8) is 0 Å². The average molecular weight is 360 g/mol. The number of ether oxygens (including phenoxy) is 2. The number of halogens is 2. The number of amides is 1. The molecule has 0 bridgehead atoms. The zero-order valence-corrected chi connectivity index (χ0v) is 14.4. The molecule has 0 saturated heterocycles. The maximum atomic E-state index is 13.6. The van der Waals surface area contributed by atoms with Crippen LogP contribution in [0.25, 0.3) is 0 Å². The molecule has 132 valence electrons. The lowest BCUT2D eigenvalue weighted by Crippen LogP contribution is -2.44. The van der Waals surface area contributed by atoms with Gasteiger partial charge in [0.1, 0.15) is 17.4 Å². The minimum absolute atomic E-state index is 0.118. The van der Waals surface area contributed by atoms with E-state index in [1.54, 1.807) is 0 Å². The molecule has 1 aromatic rings. The molecule has 0 heterocycles. The first-order valence-corrected chi connectivity index (χ1v) is 7.62. The monoisotopic (exact) mass is 359 g/mol. The molecule has 1 aromatic carbocycles. The highest BCUT2D eigenvalue weighted by Crippen LogP contribution is 2.19. The molecule has 0 radical (unpaired) electrons. The standard InChI is InChI=1S/C16H19ClFNO5/c1-9(2)7-12(15(21)23-3)19-13(20)8-24-16(22)14-10(17)5-4-6-11(14)18/h4-6,9,12H,7-8H2,1-3H3,(H,19,20)/t12-/m1/s1. The quantitative estimate of drug-likeness (QED) is 0.756. The third kappa shape index (κ3) is 5.81. The second-order valence-electron chi connectivity index (χ2n) is 5.45. The summed E-state index contributed by atoms with van der Waals surface area (Å²) < 4.78 is 22.9. The van der Waals surface area contributed by atoms with Gasteiger partial charge in [0.25, 0.3) is 5.91 Å². The smallest absolute Gasteiger partial charge is 0.343 e. The number of hydrogen-bond donors (Lipinski definition) is 1. The van der Waals surface area contributed by atoms with E-state index in [1.807, 2.05) is 13.8 Å². The van der Waals surface area contributed by atoms with Crippen LogP contribution in [0.1, 0.15) is 30.6 Å². The topological polar surface area (TPSA) is 81.7 Å². The summed E-state index contributed by atoms with van der Waals surface area (Å²) in [5.41, 5.74) is -0.446. The lowest BCUT2D eigenvalue weighted by molar-refractivity contribution is -0.145. The van der Waals surface area contributed by atoms with Gasteiger partial charge in [-0.1, -0.05) is 31.5 Å². The van der Waals surface area contributed by atoms with Gasteiger partial charge in [-0.2, -0.15) is 0 Å². The summed E-state index contributed by atoms with van der Waals surface area (Å²) in [7, 11) is 1.21. The first-order chi connectivity index (χ1) is 11.3. The van der Waals surface area contributed by atoms with Crippen LogP contribution in [-0.2, 0) is 19.1 Å². The highest BCUT2D eigenvalue weighted by Gasteiger charge is 2.24. The molecule has 8 heteroatoms. The van der Waals surface area contributed by atoms with Crippen LogP contribution in [0, 0.1) is 11.7 Å². The highest BCUT2D eigenvalue weighted by molar-refractivity contribution is 6.33. The number of carbonyl (C=O) groups excluding carboxylic acids is 3. The number of benzene rings is 1. The molecule has 1 N–H and O–H groups in total. The van der Waals surface area contributed by atoms with Crippen molar-refractivity contribution in [2.45, 2.75) is 26.3 Å². The largest absolute Gasteiger partial charge is 0.467 e. The molecule has 6 nitrogen and oxygen atoms in total. The third-order valence-electron chi connectivity index (χ3n) is 3.03. The van der Waals surface area contributed by atoms with Gasteiger partial charge < -0.3 is 14.8 Å². The molecule has 24 heavy (non-hydrogen) atoms. The zero-order chi connectivity index (χ0) is 18.3. The van der Waals surface area contributed by atoms with Gasteiger partial charge in [0.05, 0.1) is 12.1 Å². The molecule has 0 aliphatic carbocycles. The normalized spacial score (nSPS) is 11.8. The SMILES string of the molecule is COC(=O)[C@@H](CC(C)C)NC(=O)COC(=O)c1c(F)cccc1Cl. The number of esters is 2. The summed E-state index contributed by atoms with van der Waals surface area (Å²) in [6.07, 6.45) is 0.367. The van der Waals surface area contributed by atoms with E-state index in [-0.39, 0.29) is 10.9 Å². The van der Waals surface area contributed by atoms with Gasteiger partial charge in [-0.3, -0.25) is 4.79 Å². The molecule has 1 amide bonds. The van der Waals surface area contributed by atoms with Crippen LogP contribution >= 0.6 is 11.6 Å². The molecule has 1 atom stereocenters. The molecule has 0 aliphatic heterocycles. The Hall–Kier alpha value is -2.15. The van der Waals surface area contributed by atoms with Gasteiger partial charge >= 0.3 is 11.9 Å². The lowest BCUT2D eigenvalue weighted by Gasteiger charge is -2.18. The zero-order valence-electron chi connectivity index (χ0n) is 13.6. The summed E-state index contributed by atoms with van der Waals surface area (Å²) in [6.45, 7) is 3.08. The van der Waals surface area contributed by atoms with Crippen LogP contribution in [0.3, 0.4) is 0 Å². The number of methoxy groups -OCH3 is 1. The Kier molecular flexibility index (Phi) is 7.64. The Balaban J connectivity index is 2.64. The molecule has 1 rings (SSSR count). The predicted molar refractivity (Wildman–Crippen MR) is 85.1 cm³/mol. The van der Waals surface area contributed by atoms with Gasteiger partial charge in [0, 0.05) is 0 Å². The maximum absolute atomic E-state index is 13.6. The Morgan fingerprint density at radius 1 is 1.29 bits per heavy atom. The van der Waals surface area contributed by atoms with Crippen molar-refractivity contribution in [3.8, 4) is 0 Å². The van der Waals surface area contributed by atoms with Crippen molar-refractivity contribution in [1.82, 2.24) is 5.32 Å². The van der Waals surface area contributed by atoms with E-state index in [4.69, 9.17) is 16.3 Å². The maximum Gasteiger partial charge on any atom is 0.343 e. The summed E-state index contributed by atoms with van der Waals surface area (Å²) in [5, 5.41) is 2.30. The van der Waals surface area contributed by atoms with Crippen LogP contribution in [0.5, 0.6) is 0 Å². The molecule has 0 unspecified atom stereocenters. The Labute approximate surface area is 144 Å². The van der Waals surface area contributed by atoms with E-state index in [9.17, 15) is 18.8 Å². The fraction of sp³-hybridized carbons (Fsp3) is 0.438. The van der Waals surface area contributed by atoms with Gasteiger partial charge in [-0.15, -0.1) is 0 Å². The number of nitrogens with one attached hydrogen (secondary N) is 1. The molecule has 0 fully saturated rings. The second kappa shape index (κ2) is 9.22. The van der Waals surface area contributed by atoms with E-state index >= 15 is 0 Å². The number of carbonyl (C=O) groups is 3. The molecule has 0 saturated carbocycles. The molecule has 0 aliphatic rings. The van der Waals surface area contributed by atoms with Crippen LogP contribution in [0.4, 0.5) is 4.39 Å². The Bertz CT molecular complexity index is 600. The first kappa shape index (κ1) is 19.9. The minimum atomic E-state index is -1.06. The fourth-order valence-electron chi connectivity index (χ4n) is 1.96.